The van der Waals surface area contributed by atoms with E-state index in [-0.39, 0.29) is 0 Å². The molecule has 4 nitrogen and oxygen atoms in total. The van der Waals surface area contributed by atoms with Gasteiger partial charge < -0.3 is 14.7 Å². The summed E-state index contributed by atoms with van der Waals surface area (Å²) in [5.41, 5.74) is 0.917. The van der Waals surface area contributed by atoms with Crippen LogP contribution < -0.4 is 4.74 Å². The van der Waals surface area contributed by atoms with Gasteiger partial charge in [0, 0.05) is 19.1 Å². The van der Waals surface area contributed by atoms with Gasteiger partial charge in [0.05, 0.1) is 13.2 Å². The molecule has 0 bridgehead atoms. The van der Waals surface area contributed by atoms with Crippen molar-refractivity contribution in [1.29, 1.82) is 0 Å². The fraction of sp³-hybridized carbons (Fsp3) is 0.625. The van der Waals surface area contributed by atoms with E-state index in [2.05, 4.69) is 23.9 Å². The molecule has 1 aliphatic rings. The first-order valence-corrected chi connectivity index (χ1v) is 7.31. The third kappa shape index (κ3) is 3.95. The van der Waals surface area contributed by atoms with Crippen molar-refractivity contribution in [2.75, 3.05) is 40.8 Å². The summed E-state index contributed by atoms with van der Waals surface area (Å²) in [5.74, 6) is 0.793. The highest BCUT2D eigenvalue weighted by Gasteiger charge is 2.23. The molecule has 1 aromatic rings. The molecule has 0 radical (unpaired) electrons. The number of hydrogen-bond donors (Lipinski definition) is 1. The highest BCUT2D eigenvalue weighted by atomic mass is 16.5. The van der Waals surface area contributed by atoms with Crippen LogP contribution in [0.5, 0.6) is 5.75 Å². The molecule has 1 aromatic carbocycles. The molecule has 20 heavy (non-hydrogen) atoms. The molecule has 2 atom stereocenters. The number of benzene rings is 1. The minimum atomic E-state index is -0.470. The lowest BCUT2D eigenvalue weighted by molar-refractivity contribution is 0.0741. The van der Waals surface area contributed by atoms with Gasteiger partial charge in [0.25, 0.3) is 0 Å². The fourth-order valence-electron chi connectivity index (χ4n) is 2.87. The quantitative estimate of drug-likeness (QED) is 0.890. The van der Waals surface area contributed by atoms with Crippen LogP contribution in [0.25, 0.3) is 0 Å². The standard InChI is InChI=1S/C16H26N2O2/c1-17-9-5-7-14(11-17)18(2)12-16(19)13-6-4-8-15(10-13)20-3/h4,6,8,10,14,16,19H,5,7,9,11-12H2,1-3H3. The summed E-state index contributed by atoms with van der Waals surface area (Å²) in [6, 6.07) is 8.22. The Bertz CT molecular complexity index is 425. The number of likely N-dealkylation sites (N-methyl/N-ethyl adjacent to an activating group) is 2. The summed E-state index contributed by atoms with van der Waals surface area (Å²) in [6.07, 6.45) is 1.98. The maximum atomic E-state index is 10.4. The maximum Gasteiger partial charge on any atom is 0.119 e. The summed E-state index contributed by atoms with van der Waals surface area (Å²) in [4.78, 5) is 4.64. The van der Waals surface area contributed by atoms with Gasteiger partial charge in [0.15, 0.2) is 0 Å². The number of piperidine rings is 1. The van der Waals surface area contributed by atoms with Crippen molar-refractivity contribution in [3.8, 4) is 5.75 Å². The van der Waals surface area contributed by atoms with Crippen molar-refractivity contribution >= 4 is 0 Å². The molecule has 1 aliphatic heterocycles. The smallest absolute Gasteiger partial charge is 0.119 e. The monoisotopic (exact) mass is 278 g/mol. The Labute approximate surface area is 122 Å². The Hall–Kier alpha value is -1.10. The van der Waals surface area contributed by atoms with Crippen molar-refractivity contribution in [2.24, 2.45) is 0 Å². The number of rotatable bonds is 5. The van der Waals surface area contributed by atoms with Crippen molar-refractivity contribution in [3.63, 3.8) is 0 Å². The molecule has 0 saturated carbocycles. The molecule has 1 N–H and O–H groups in total. The molecule has 0 aromatic heterocycles. The van der Waals surface area contributed by atoms with Gasteiger partial charge in [-0.25, -0.2) is 0 Å². The summed E-state index contributed by atoms with van der Waals surface area (Å²) >= 11 is 0. The van der Waals surface area contributed by atoms with Gasteiger partial charge in [-0.2, -0.15) is 0 Å². The summed E-state index contributed by atoms with van der Waals surface area (Å²) < 4.78 is 5.21. The van der Waals surface area contributed by atoms with Crippen LogP contribution in [0.2, 0.25) is 0 Å². The van der Waals surface area contributed by atoms with Crippen LogP contribution in [-0.2, 0) is 0 Å². The lowest BCUT2D eigenvalue weighted by atomic mass is 10.0. The van der Waals surface area contributed by atoms with Gasteiger partial charge in [-0.1, -0.05) is 12.1 Å². The number of ether oxygens (including phenoxy) is 1. The number of hydrogen-bond acceptors (Lipinski definition) is 4. The average Bonchev–Trinajstić information content (AvgIpc) is 2.47. The van der Waals surface area contributed by atoms with E-state index in [0.717, 1.165) is 17.9 Å². The number of aliphatic hydroxyl groups is 1. The molecule has 4 heteroatoms. The zero-order valence-corrected chi connectivity index (χ0v) is 12.7. The molecular weight excluding hydrogens is 252 g/mol. The van der Waals surface area contributed by atoms with Crippen molar-refractivity contribution in [3.05, 3.63) is 29.8 Å². The van der Waals surface area contributed by atoms with Crippen LogP contribution >= 0.6 is 0 Å². The maximum absolute atomic E-state index is 10.4. The lowest BCUT2D eigenvalue weighted by Crippen LogP contribution is -2.46. The van der Waals surface area contributed by atoms with Gasteiger partial charge in [0.1, 0.15) is 5.75 Å². The van der Waals surface area contributed by atoms with E-state index in [4.69, 9.17) is 4.74 Å². The fourth-order valence-corrected chi connectivity index (χ4v) is 2.87. The van der Waals surface area contributed by atoms with Gasteiger partial charge in [-0.05, 0) is 51.2 Å². The zero-order valence-electron chi connectivity index (χ0n) is 12.7. The summed E-state index contributed by atoms with van der Waals surface area (Å²) in [5, 5.41) is 10.4. The van der Waals surface area contributed by atoms with Gasteiger partial charge in [0.2, 0.25) is 0 Å². The Morgan fingerprint density at radius 2 is 2.30 bits per heavy atom. The molecule has 1 saturated heterocycles. The van der Waals surface area contributed by atoms with E-state index in [1.807, 2.05) is 24.3 Å². The van der Waals surface area contributed by atoms with E-state index >= 15 is 0 Å². The van der Waals surface area contributed by atoms with E-state index in [9.17, 15) is 5.11 Å². The normalized spacial score (nSPS) is 21.9. The third-order valence-electron chi connectivity index (χ3n) is 4.16. The second-order valence-electron chi connectivity index (χ2n) is 5.79. The lowest BCUT2D eigenvalue weighted by Gasteiger charge is -2.36. The van der Waals surface area contributed by atoms with Gasteiger partial charge in [-0.15, -0.1) is 0 Å². The highest BCUT2D eigenvalue weighted by molar-refractivity contribution is 5.29. The molecule has 2 rings (SSSR count). The summed E-state index contributed by atoms with van der Waals surface area (Å²) in [7, 11) is 5.92. The van der Waals surface area contributed by atoms with Gasteiger partial charge in [-0.3, -0.25) is 4.90 Å². The van der Waals surface area contributed by atoms with E-state index in [0.29, 0.717) is 12.6 Å². The molecule has 112 valence electrons. The summed E-state index contributed by atoms with van der Waals surface area (Å²) in [6.45, 7) is 2.93. The molecular formula is C16H26N2O2. The number of methoxy groups -OCH3 is 1. The molecule has 1 fully saturated rings. The Morgan fingerprint density at radius 3 is 3.00 bits per heavy atom. The van der Waals surface area contributed by atoms with Gasteiger partial charge >= 0.3 is 0 Å². The molecule has 0 spiro atoms. The third-order valence-corrected chi connectivity index (χ3v) is 4.16. The Kier molecular flexibility index (Phi) is 5.40. The van der Waals surface area contributed by atoms with E-state index < -0.39 is 6.10 Å². The number of aliphatic hydroxyl groups excluding tert-OH is 1. The van der Waals surface area contributed by atoms with Crippen LogP contribution in [0.15, 0.2) is 24.3 Å². The first-order valence-electron chi connectivity index (χ1n) is 7.31. The average molecular weight is 278 g/mol. The topological polar surface area (TPSA) is 35.9 Å². The minimum absolute atomic E-state index is 0.470. The van der Waals surface area contributed by atoms with E-state index in [1.165, 1.54) is 19.4 Å². The molecule has 0 amide bonds. The van der Waals surface area contributed by atoms with Crippen molar-refractivity contribution < 1.29 is 9.84 Å². The largest absolute Gasteiger partial charge is 0.497 e. The molecule has 1 heterocycles. The molecule has 0 aliphatic carbocycles. The zero-order chi connectivity index (χ0) is 14.5. The predicted octanol–water partition coefficient (Wildman–Crippen LogP) is 1.75. The molecule has 2 unspecified atom stereocenters. The van der Waals surface area contributed by atoms with Crippen LogP contribution in [0.1, 0.15) is 24.5 Å². The SMILES string of the molecule is COc1cccc(C(O)CN(C)C2CCCN(C)C2)c1. The predicted molar refractivity (Wildman–Crippen MR) is 81.1 cm³/mol. The second-order valence-corrected chi connectivity index (χ2v) is 5.79. The second kappa shape index (κ2) is 7.07. The van der Waals surface area contributed by atoms with Crippen LogP contribution in [0.4, 0.5) is 0 Å². The highest BCUT2D eigenvalue weighted by Crippen LogP contribution is 2.21. The minimum Gasteiger partial charge on any atom is -0.497 e. The first-order chi connectivity index (χ1) is 9.60. The van der Waals surface area contributed by atoms with Crippen LogP contribution in [0, 0.1) is 0 Å². The van der Waals surface area contributed by atoms with E-state index in [1.54, 1.807) is 7.11 Å². The Balaban J connectivity index is 1.94. The van der Waals surface area contributed by atoms with Crippen molar-refractivity contribution in [2.45, 2.75) is 25.0 Å². The number of nitrogens with zero attached hydrogens (tertiary/aromatic N) is 2. The number of likely N-dealkylation sites (tertiary alicyclic amines) is 1. The Morgan fingerprint density at radius 1 is 1.50 bits per heavy atom. The van der Waals surface area contributed by atoms with Crippen LogP contribution in [0.3, 0.4) is 0 Å². The first kappa shape index (κ1) is 15.3. The van der Waals surface area contributed by atoms with Crippen LogP contribution in [-0.4, -0.2) is 61.8 Å². The van der Waals surface area contributed by atoms with Crippen molar-refractivity contribution in [1.82, 2.24) is 9.80 Å².